The van der Waals surface area contributed by atoms with E-state index in [9.17, 15) is 4.79 Å². The fourth-order valence-electron chi connectivity index (χ4n) is 4.50. The average Bonchev–Trinajstić information content (AvgIpc) is 2.69. The van der Waals surface area contributed by atoms with Gasteiger partial charge in [-0.25, -0.2) is 0 Å². The number of aryl methyl sites for hydroxylation is 1. The Hall–Kier alpha value is -1.69. The molecular weight excluding hydrogens is 414 g/mol. The summed E-state index contributed by atoms with van der Waals surface area (Å²) in [5.41, 5.74) is 3.77. The van der Waals surface area contributed by atoms with Crippen molar-refractivity contribution >= 4 is 27.5 Å². The Morgan fingerprint density at radius 2 is 1.75 bits per heavy atom. The van der Waals surface area contributed by atoms with Gasteiger partial charge in [0.2, 0.25) is 5.91 Å². The normalized spacial score (nSPS) is 17.4. The van der Waals surface area contributed by atoms with E-state index in [1.165, 1.54) is 5.56 Å². The molecule has 0 saturated carbocycles. The van der Waals surface area contributed by atoms with Gasteiger partial charge in [-0.05, 0) is 76.6 Å². The number of anilines is 1. The highest BCUT2D eigenvalue weighted by Gasteiger charge is 2.48. The second kappa shape index (κ2) is 8.76. The number of hydrogen-bond acceptors (Lipinski definition) is 3. The second-order valence-electron chi connectivity index (χ2n) is 8.00. The highest BCUT2D eigenvalue weighted by molar-refractivity contribution is 9.10. The number of piperidine rings is 1. The predicted octanol–water partition coefficient (Wildman–Crippen LogP) is 4.68. The molecule has 150 valence electrons. The molecule has 1 amide bonds. The Morgan fingerprint density at radius 1 is 1.11 bits per heavy atom. The van der Waals surface area contributed by atoms with Crippen molar-refractivity contribution in [1.29, 1.82) is 0 Å². The summed E-state index contributed by atoms with van der Waals surface area (Å²) in [6, 6.07) is 14.5. The first-order valence-electron chi connectivity index (χ1n) is 9.86. The van der Waals surface area contributed by atoms with E-state index >= 15 is 0 Å². The molecule has 3 rings (SSSR count). The molecule has 4 nitrogen and oxygen atoms in total. The van der Waals surface area contributed by atoms with Crippen LogP contribution < -0.4 is 10.6 Å². The lowest BCUT2D eigenvalue weighted by Gasteiger charge is -2.45. The molecule has 1 atom stereocenters. The first-order chi connectivity index (χ1) is 13.4. The topological polar surface area (TPSA) is 44.4 Å². The minimum Gasteiger partial charge on any atom is -0.325 e. The lowest BCUT2D eigenvalue weighted by Crippen LogP contribution is -2.52. The summed E-state index contributed by atoms with van der Waals surface area (Å²) < 4.78 is 1.01. The predicted molar refractivity (Wildman–Crippen MR) is 120 cm³/mol. The molecular formula is C23H30BrN3O. The zero-order valence-corrected chi connectivity index (χ0v) is 18.8. The number of rotatable bonds is 5. The minimum atomic E-state index is -0.489. The lowest BCUT2D eigenvalue weighted by atomic mass is 9.69. The number of benzene rings is 2. The zero-order valence-electron chi connectivity index (χ0n) is 17.2. The molecule has 1 aliphatic heterocycles. The van der Waals surface area contributed by atoms with Gasteiger partial charge in [0.1, 0.15) is 0 Å². The van der Waals surface area contributed by atoms with Crippen LogP contribution in [0.15, 0.2) is 46.9 Å². The summed E-state index contributed by atoms with van der Waals surface area (Å²) >= 11 is 3.60. The SMILES string of the molecule is Cc1ccc(Br)c(C)c1NC(=O)C1(C(c2ccccc2)N(C)C)CCNCC1. The van der Waals surface area contributed by atoms with E-state index < -0.39 is 5.41 Å². The van der Waals surface area contributed by atoms with Crippen LogP contribution in [0.5, 0.6) is 0 Å². The van der Waals surface area contributed by atoms with Crippen LogP contribution >= 0.6 is 15.9 Å². The number of hydrogen-bond donors (Lipinski definition) is 2. The van der Waals surface area contributed by atoms with E-state index in [1.54, 1.807) is 0 Å². The van der Waals surface area contributed by atoms with E-state index in [1.807, 2.05) is 32.0 Å². The van der Waals surface area contributed by atoms with Crippen LogP contribution in [-0.2, 0) is 4.79 Å². The van der Waals surface area contributed by atoms with Crippen molar-refractivity contribution in [2.24, 2.45) is 5.41 Å². The molecule has 0 aliphatic carbocycles. The maximum Gasteiger partial charge on any atom is 0.232 e. The first-order valence-corrected chi connectivity index (χ1v) is 10.7. The number of carbonyl (C=O) groups excluding carboxylic acids is 1. The standard InChI is InChI=1S/C23H30BrN3O/c1-16-10-11-19(24)17(2)20(16)26-22(28)23(12-14-25-15-13-23)21(27(3)4)18-8-6-5-7-9-18/h5-11,21,25H,12-15H2,1-4H3,(H,26,28). The van der Waals surface area contributed by atoms with Gasteiger partial charge >= 0.3 is 0 Å². The third kappa shape index (κ3) is 4.02. The number of amides is 1. The Kier molecular flexibility index (Phi) is 6.58. The first kappa shape index (κ1) is 21.0. The van der Waals surface area contributed by atoms with E-state index in [0.717, 1.165) is 47.2 Å². The van der Waals surface area contributed by atoms with Crippen molar-refractivity contribution in [2.75, 3.05) is 32.5 Å². The van der Waals surface area contributed by atoms with Crippen molar-refractivity contribution < 1.29 is 4.79 Å². The van der Waals surface area contributed by atoms with Gasteiger partial charge in [0.15, 0.2) is 0 Å². The van der Waals surface area contributed by atoms with Gasteiger partial charge in [-0.1, -0.05) is 52.3 Å². The van der Waals surface area contributed by atoms with Crippen molar-refractivity contribution in [3.63, 3.8) is 0 Å². The monoisotopic (exact) mass is 443 g/mol. The highest BCUT2D eigenvalue weighted by atomic mass is 79.9. The Labute approximate surface area is 176 Å². The van der Waals surface area contributed by atoms with Gasteiger partial charge in [-0.3, -0.25) is 4.79 Å². The fraction of sp³-hybridized carbons (Fsp3) is 0.435. The number of nitrogens with zero attached hydrogens (tertiary/aromatic N) is 1. The number of halogens is 1. The zero-order chi connectivity index (χ0) is 20.3. The Bertz CT molecular complexity index is 829. The average molecular weight is 444 g/mol. The van der Waals surface area contributed by atoms with Crippen LogP contribution in [0.2, 0.25) is 0 Å². The van der Waals surface area contributed by atoms with E-state index in [0.29, 0.717) is 0 Å². The van der Waals surface area contributed by atoms with Gasteiger partial charge in [0, 0.05) is 16.2 Å². The molecule has 0 spiro atoms. The van der Waals surface area contributed by atoms with Gasteiger partial charge in [-0.2, -0.15) is 0 Å². The van der Waals surface area contributed by atoms with Crippen molar-refractivity contribution in [2.45, 2.75) is 32.7 Å². The van der Waals surface area contributed by atoms with Crippen molar-refractivity contribution in [3.05, 3.63) is 63.6 Å². The summed E-state index contributed by atoms with van der Waals surface area (Å²) in [5.74, 6) is 0.112. The van der Waals surface area contributed by atoms with Crippen LogP contribution in [0.4, 0.5) is 5.69 Å². The largest absolute Gasteiger partial charge is 0.325 e. The third-order valence-corrected chi connectivity index (χ3v) is 6.81. The Morgan fingerprint density at radius 3 is 2.36 bits per heavy atom. The molecule has 2 aromatic carbocycles. The summed E-state index contributed by atoms with van der Waals surface area (Å²) in [6.45, 7) is 5.79. The lowest BCUT2D eigenvalue weighted by molar-refractivity contribution is -0.131. The molecule has 1 heterocycles. The number of carbonyl (C=O) groups is 1. The molecule has 1 unspecified atom stereocenters. The van der Waals surface area contributed by atoms with Crippen molar-refractivity contribution in [1.82, 2.24) is 10.2 Å². The van der Waals surface area contributed by atoms with E-state index in [4.69, 9.17) is 0 Å². The quantitative estimate of drug-likeness (QED) is 0.704. The summed E-state index contributed by atoms with van der Waals surface area (Å²) in [4.78, 5) is 16.0. The molecule has 1 saturated heterocycles. The highest BCUT2D eigenvalue weighted by Crippen LogP contribution is 2.45. The fourth-order valence-corrected chi connectivity index (χ4v) is 4.83. The molecule has 2 N–H and O–H groups in total. The maximum absolute atomic E-state index is 13.8. The summed E-state index contributed by atoms with van der Waals surface area (Å²) in [6.07, 6.45) is 1.62. The van der Waals surface area contributed by atoms with Gasteiger partial charge < -0.3 is 15.5 Å². The summed E-state index contributed by atoms with van der Waals surface area (Å²) in [5, 5.41) is 6.74. The molecule has 1 fully saturated rings. The molecule has 0 radical (unpaired) electrons. The van der Waals surface area contributed by atoms with Crippen LogP contribution in [0.25, 0.3) is 0 Å². The molecule has 5 heteroatoms. The molecule has 2 aromatic rings. The van der Waals surface area contributed by atoms with Crippen LogP contribution in [0.1, 0.15) is 35.6 Å². The maximum atomic E-state index is 13.8. The molecule has 0 bridgehead atoms. The van der Waals surface area contributed by atoms with Crippen LogP contribution in [0, 0.1) is 19.3 Å². The third-order valence-electron chi connectivity index (χ3n) is 5.95. The van der Waals surface area contributed by atoms with E-state index in [-0.39, 0.29) is 11.9 Å². The van der Waals surface area contributed by atoms with Gasteiger partial charge in [0.25, 0.3) is 0 Å². The second-order valence-corrected chi connectivity index (χ2v) is 8.86. The minimum absolute atomic E-state index is 0.0172. The van der Waals surface area contributed by atoms with Gasteiger partial charge in [-0.15, -0.1) is 0 Å². The number of nitrogens with one attached hydrogen (secondary N) is 2. The molecule has 0 aromatic heterocycles. The van der Waals surface area contributed by atoms with Crippen molar-refractivity contribution in [3.8, 4) is 0 Å². The van der Waals surface area contributed by atoms with Crippen LogP contribution in [0.3, 0.4) is 0 Å². The smallest absolute Gasteiger partial charge is 0.232 e. The molecule has 28 heavy (non-hydrogen) atoms. The molecule has 1 aliphatic rings. The van der Waals surface area contributed by atoms with Crippen LogP contribution in [-0.4, -0.2) is 38.0 Å². The summed E-state index contributed by atoms with van der Waals surface area (Å²) in [7, 11) is 4.15. The van der Waals surface area contributed by atoms with E-state index in [2.05, 4.69) is 69.8 Å². The Balaban J connectivity index is 2.04. The van der Waals surface area contributed by atoms with Gasteiger partial charge in [0.05, 0.1) is 5.41 Å².